The van der Waals surface area contributed by atoms with Crippen molar-refractivity contribution in [2.75, 3.05) is 40.2 Å². The van der Waals surface area contributed by atoms with E-state index in [-0.39, 0.29) is 18.1 Å². The maximum atomic E-state index is 12.5. The van der Waals surface area contributed by atoms with Gasteiger partial charge in [0.25, 0.3) is 5.91 Å². The number of anilines is 1. The average Bonchev–Trinajstić information content (AvgIpc) is 2.90. The van der Waals surface area contributed by atoms with Crippen molar-refractivity contribution in [3.63, 3.8) is 0 Å². The van der Waals surface area contributed by atoms with Crippen LogP contribution in [0.2, 0.25) is 0 Å². The van der Waals surface area contributed by atoms with Crippen LogP contribution < -0.4 is 10.5 Å². The number of carbonyl (C=O) groups is 1. The van der Waals surface area contributed by atoms with Gasteiger partial charge >= 0.3 is 0 Å². The smallest absolute Gasteiger partial charge is 0.256 e. The molecule has 2 rings (SSSR count). The van der Waals surface area contributed by atoms with Crippen molar-refractivity contribution in [1.29, 1.82) is 0 Å². The van der Waals surface area contributed by atoms with Gasteiger partial charge in [0, 0.05) is 33.0 Å². The second-order valence-corrected chi connectivity index (χ2v) is 4.71. The monoisotopic (exact) mass is 280 g/mol. The fourth-order valence-electron chi connectivity index (χ4n) is 2.38. The molecule has 1 fully saturated rings. The first-order valence-electron chi connectivity index (χ1n) is 6.39. The molecule has 0 spiro atoms. The van der Waals surface area contributed by atoms with Gasteiger partial charge in [-0.2, -0.15) is 0 Å². The van der Waals surface area contributed by atoms with E-state index in [0.29, 0.717) is 30.1 Å². The highest BCUT2D eigenvalue weighted by Crippen LogP contribution is 2.24. The SMILES string of the molecule is COc1ccc(N)c(C(=O)N2CC(OC)C(OC)C2)c1. The number of carbonyl (C=O) groups excluding carboxylic acids is 1. The summed E-state index contributed by atoms with van der Waals surface area (Å²) in [6.45, 7) is 0.981. The lowest BCUT2D eigenvalue weighted by molar-refractivity contribution is -0.00461. The first kappa shape index (κ1) is 14.6. The third-order valence-electron chi connectivity index (χ3n) is 3.60. The van der Waals surface area contributed by atoms with E-state index in [1.807, 2.05) is 0 Å². The molecule has 1 saturated heterocycles. The number of ether oxygens (including phenoxy) is 3. The second-order valence-electron chi connectivity index (χ2n) is 4.71. The van der Waals surface area contributed by atoms with Crippen LogP contribution in [0, 0.1) is 0 Å². The van der Waals surface area contributed by atoms with Crippen LogP contribution in [0.4, 0.5) is 5.69 Å². The van der Waals surface area contributed by atoms with E-state index in [9.17, 15) is 4.79 Å². The molecule has 110 valence electrons. The van der Waals surface area contributed by atoms with Gasteiger partial charge in [-0.3, -0.25) is 4.79 Å². The predicted octanol–water partition coefficient (Wildman–Crippen LogP) is 0.763. The number of hydrogen-bond acceptors (Lipinski definition) is 5. The number of hydrogen-bond donors (Lipinski definition) is 1. The van der Waals surface area contributed by atoms with Gasteiger partial charge in [0.1, 0.15) is 18.0 Å². The largest absolute Gasteiger partial charge is 0.497 e. The molecular formula is C14H20N2O4. The summed E-state index contributed by atoms with van der Waals surface area (Å²) in [6.07, 6.45) is -0.230. The van der Waals surface area contributed by atoms with E-state index in [1.165, 1.54) is 0 Å². The molecule has 6 nitrogen and oxygen atoms in total. The number of nitrogens with zero attached hydrogens (tertiary/aromatic N) is 1. The van der Waals surface area contributed by atoms with Crippen molar-refractivity contribution < 1.29 is 19.0 Å². The molecule has 2 N–H and O–H groups in total. The van der Waals surface area contributed by atoms with Crippen molar-refractivity contribution in [2.24, 2.45) is 0 Å². The van der Waals surface area contributed by atoms with E-state index in [1.54, 1.807) is 44.4 Å². The Morgan fingerprint density at radius 2 is 1.80 bits per heavy atom. The third kappa shape index (κ3) is 2.71. The zero-order valence-corrected chi connectivity index (χ0v) is 12.0. The standard InChI is InChI=1S/C14H20N2O4/c1-18-9-4-5-11(15)10(6-9)14(17)16-7-12(19-2)13(8-16)20-3/h4-6,12-13H,7-8,15H2,1-3H3. The predicted molar refractivity (Wildman–Crippen MR) is 74.9 cm³/mol. The molecule has 2 atom stereocenters. The number of amides is 1. The van der Waals surface area contributed by atoms with Crippen LogP contribution in [-0.4, -0.2) is 57.4 Å². The maximum Gasteiger partial charge on any atom is 0.256 e. The van der Waals surface area contributed by atoms with Gasteiger partial charge in [-0.1, -0.05) is 0 Å². The summed E-state index contributed by atoms with van der Waals surface area (Å²) in [6, 6.07) is 5.05. The van der Waals surface area contributed by atoms with E-state index < -0.39 is 0 Å². The fourth-order valence-corrected chi connectivity index (χ4v) is 2.38. The summed E-state index contributed by atoms with van der Waals surface area (Å²) < 4.78 is 15.8. The lowest BCUT2D eigenvalue weighted by Gasteiger charge is -2.17. The first-order chi connectivity index (χ1) is 9.60. The Morgan fingerprint density at radius 3 is 2.30 bits per heavy atom. The summed E-state index contributed by atoms with van der Waals surface area (Å²) in [4.78, 5) is 14.2. The molecule has 1 aromatic carbocycles. The third-order valence-corrected chi connectivity index (χ3v) is 3.60. The average molecular weight is 280 g/mol. The normalized spacial score (nSPS) is 22.1. The van der Waals surface area contributed by atoms with Crippen LogP contribution in [0.25, 0.3) is 0 Å². The molecule has 0 saturated carbocycles. The molecular weight excluding hydrogens is 260 g/mol. The van der Waals surface area contributed by atoms with Crippen molar-refractivity contribution >= 4 is 11.6 Å². The van der Waals surface area contributed by atoms with Gasteiger partial charge in [0.15, 0.2) is 0 Å². The molecule has 2 unspecified atom stereocenters. The molecule has 1 heterocycles. The summed E-state index contributed by atoms with van der Waals surface area (Å²) in [5.41, 5.74) is 6.76. The number of methoxy groups -OCH3 is 3. The highest BCUT2D eigenvalue weighted by molar-refractivity contribution is 5.99. The highest BCUT2D eigenvalue weighted by atomic mass is 16.5. The molecule has 1 aliphatic heterocycles. The number of rotatable bonds is 4. The summed E-state index contributed by atoms with van der Waals surface area (Å²) in [7, 11) is 4.78. The van der Waals surface area contributed by atoms with Gasteiger partial charge in [-0.15, -0.1) is 0 Å². The topological polar surface area (TPSA) is 74.0 Å². The van der Waals surface area contributed by atoms with E-state index in [2.05, 4.69) is 0 Å². The van der Waals surface area contributed by atoms with Crippen molar-refractivity contribution in [3.05, 3.63) is 23.8 Å². The van der Waals surface area contributed by atoms with E-state index >= 15 is 0 Å². The summed E-state index contributed by atoms with van der Waals surface area (Å²) in [5.74, 6) is 0.469. The molecule has 0 aliphatic carbocycles. The molecule has 0 radical (unpaired) electrons. The molecule has 1 aliphatic rings. The quantitative estimate of drug-likeness (QED) is 0.824. The minimum Gasteiger partial charge on any atom is -0.497 e. The first-order valence-corrected chi connectivity index (χ1v) is 6.39. The second kappa shape index (κ2) is 6.11. The van der Waals surface area contributed by atoms with Crippen LogP contribution in [0.15, 0.2) is 18.2 Å². The number of benzene rings is 1. The zero-order chi connectivity index (χ0) is 14.7. The zero-order valence-electron chi connectivity index (χ0n) is 12.0. The fraction of sp³-hybridized carbons (Fsp3) is 0.500. The molecule has 20 heavy (non-hydrogen) atoms. The number of likely N-dealkylation sites (tertiary alicyclic amines) is 1. The van der Waals surface area contributed by atoms with Gasteiger partial charge < -0.3 is 24.8 Å². The van der Waals surface area contributed by atoms with Crippen molar-refractivity contribution in [3.8, 4) is 5.75 Å². The molecule has 1 aromatic rings. The molecule has 6 heteroatoms. The van der Waals surface area contributed by atoms with Crippen LogP contribution in [0.1, 0.15) is 10.4 Å². The number of nitrogens with two attached hydrogens (primary N) is 1. The Balaban J connectivity index is 2.20. The van der Waals surface area contributed by atoms with Crippen molar-refractivity contribution in [2.45, 2.75) is 12.2 Å². The highest BCUT2D eigenvalue weighted by Gasteiger charge is 2.36. The van der Waals surface area contributed by atoms with Crippen LogP contribution in [0.3, 0.4) is 0 Å². The van der Waals surface area contributed by atoms with Crippen LogP contribution in [-0.2, 0) is 9.47 Å². The van der Waals surface area contributed by atoms with Crippen molar-refractivity contribution in [1.82, 2.24) is 4.90 Å². The Bertz CT molecular complexity index is 480. The van der Waals surface area contributed by atoms with Gasteiger partial charge in [0.2, 0.25) is 0 Å². The van der Waals surface area contributed by atoms with Crippen LogP contribution >= 0.6 is 0 Å². The van der Waals surface area contributed by atoms with E-state index in [4.69, 9.17) is 19.9 Å². The molecule has 0 aromatic heterocycles. The van der Waals surface area contributed by atoms with Crippen LogP contribution in [0.5, 0.6) is 5.75 Å². The Labute approximate surface area is 118 Å². The minimum atomic E-state index is -0.136. The lowest BCUT2D eigenvalue weighted by atomic mass is 10.1. The lowest BCUT2D eigenvalue weighted by Crippen LogP contribution is -2.30. The number of nitrogen functional groups attached to an aromatic ring is 1. The van der Waals surface area contributed by atoms with Gasteiger partial charge in [-0.25, -0.2) is 0 Å². The maximum absolute atomic E-state index is 12.5. The van der Waals surface area contributed by atoms with Gasteiger partial charge in [-0.05, 0) is 18.2 Å². The summed E-state index contributed by atoms with van der Waals surface area (Å²) >= 11 is 0. The van der Waals surface area contributed by atoms with E-state index in [0.717, 1.165) is 0 Å². The Hall–Kier alpha value is -1.79. The minimum absolute atomic E-state index is 0.115. The Morgan fingerprint density at radius 1 is 1.20 bits per heavy atom. The van der Waals surface area contributed by atoms with Gasteiger partial charge in [0.05, 0.1) is 12.7 Å². The molecule has 0 bridgehead atoms. The summed E-state index contributed by atoms with van der Waals surface area (Å²) in [5, 5.41) is 0. The Kier molecular flexibility index (Phi) is 4.46. The molecule has 1 amide bonds.